The van der Waals surface area contributed by atoms with Crippen molar-refractivity contribution in [3.05, 3.63) is 34.9 Å². The van der Waals surface area contributed by atoms with E-state index in [0.29, 0.717) is 10.2 Å². The number of benzene rings is 1. The van der Waals surface area contributed by atoms with Gasteiger partial charge in [0.25, 0.3) is 0 Å². The number of amides is 1. The second-order valence-electron chi connectivity index (χ2n) is 3.66. The van der Waals surface area contributed by atoms with Crippen LogP contribution in [0.25, 0.3) is 0 Å². The molecule has 0 bridgehead atoms. The zero-order valence-corrected chi connectivity index (χ0v) is 12.6. The van der Waals surface area contributed by atoms with Crippen LogP contribution in [0, 0.1) is 0 Å². The lowest BCUT2D eigenvalue weighted by Crippen LogP contribution is -2.14. The fourth-order valence-electron chi connectivity index (χ4n) is 1.44. The van der Waals surface area contributed by atoms with Gasteiger partial charge in [0, 0.05) is 5.02 Å². The number of anilines is 1. The standard InChI is InChI=1S/C12H12ClN3OS2/c1-2-18-12-16-15-11(19-12)14-10(17)7-8-4-3-5-9(13)6-8/h3-6H,2,7H2,1H3,(H,14,15,17). The molecule has 19 heavy (non-hydrogen) atoms. The number of carbonyl (C=O) groups excluding carboxylic acids is 1. The molecule has 0 radical (unpaired) electrons. The van der Waals surface area contributed by atoms with Crippen molar-refractivity contribution in [3.8, 4) is 0 Å². The highest BCUT2D eigenvalue weighted by molar-refractivity contribution is 8.01. The van der Waals surface area contributed by atoms with Gasteiger partial charge in [-0.2, -0.15) is 0 Å². The first-order valence-electron chi connectivity index (χ1n) is 5.68. The lowest BCUT2D eigenvalue weighted by atomic mass is 10.1. The highest BCUT2D eigenvalue weighted by Crippen LogP contribution is 2.25. The van der Waals surface area contributed by atoms with Crippen molar-refractivity contribution in [2.45, 2.75) is 17.7 Å². The third-order valence-corrected chi connectivity index (χ3v) is 4.26. The van der Waals surface area contributed by atoms with Crippen molar-refractivity contribution >= 4 is 45.7 Å². The van der Waals surface area contributed by atoms with Crippen LogP contribution in [0.15, 0.2) is 28.6 Å². The Balaban J connectivity index is 1.93. The summed E-state index contributed by atoms with van der Waals surface area (Å²) in [6, 6.07) is 7.25. The number of nitrogens with one attached hydrogen (secondary N) is 1. The number of thioether (sulfide) groups is 1. The maximum atomic E-state index is 11.8. The van der Waals surface area contributed by atoms with Crippen LogP contribution in [0.5, 0.6) is 0 Å². The molecule has 1 N–H and O–H groups in total. The van der Waals surface area contributed by atoms with Crippen LogP contribution in [0.4, 0.5) is 5.13 Å². The molecule has 100 valence electrons. The van der Waals surface area contributed by atoms with Crippen LogP contribution < -0.4 is 5.32 Å². The highest BCUT2D eigenvalue weighted by Gasteiger charge is 2.09. The van der Waals surface area contributed by atoms with Crippen molar-refractivity contribution < 1.29 is 4.79 Å². The van der Waals surface area contributed by atoms with Crippen LogP contribution >= 0.6 is 34.7 Å². The zero-order chi connectivity index (χ0) is 13.7. The number of hydrogen-bond donors (Lipinski definition) is 1. The van der Waals surface area contributed by atoms with Gasteiger partial charge in [-0.05, 0) is 23.4 Å². The lowest BCUT2D eigenvalue weighted by Gasteiger charge is -2.01. The van der Waals surface area contributed by atoms with Gasteiger partial charge in [0.15, 0.2) is 4.34 Å². The summed E-state index contributed by atoms with van der Waals surface area (Å²) in [6.07, 6.45) is 0.274. The molecular formula is C12H12ClN3OS2. The molecule has 4 nitrogen and oxygen atoms in total. The van der Waals surface area contributed by atoms with Gasteiger partial charge in [0.1, 0.15) is 0 Å². The van der Waals surface area contributed by atoms with Crippen molar-refractivity contribution in [2.24, 2.45) is 0 Å². The smallest absolute Gasteiger partial charge is 0.230 e. The Morgan fingerprint density at radius 2 is 2.32 bits per heavy atom. The summed E-state index contributed by atoms with van der Waals surface area (Å²) in [5, 5.41) is 11.8. The van der Waals surface area contributed by atoms with Crippen LogP contribution in [0.1, 0.15) is 12.5 Å². The number of rotatable bonds is 5. The minimum atomic E-state index is -0.119. The molecule has 0 fully saturated rings. The monoisotopic (exact) mass is 313 g/mol. The molecule has 0 aliphatic heterocycles. The summed E-state index contributed by atoms with van der Waals surface area (Å²) in [5.74, 6) is 0.817. The van der Waals surface area contributed by atoms with E-state index >= 15 is 0 Å². The Kier molecular flexibility index (Phi) is 5.18. The van der Waals surface area contributed by atoms with E-state index < -0.39 is 0 Å². The molecule has 0 saturated carbocycles. The second kappa shape index (κ2) is 6.88. The number of hydrogen-bond acceptors (Lipinski definition) is 5. The molecule has 7 heteroatoms. The fraction of sp³-hybridized carbons (Fsp3) is 0.250. The summed E-state index contributed by atoms with van der Waals surface area (Å²) in [6.45, 7) is 2.05. The van der Waals surface area contributed by atoms with E-state index in [2.05, 4.69) is 15.5 Å². The Bertz CT molecular complexity index is 574. The first-order valence-corrected chi connectivity index (χ1v) is 7.86. The molecule has 1 heterocycles. The summed E-state index contributed by atoms with van der Waals surface area (Å²) in [4.78, 5) is 11.8. The van der Waals surface area contributed by atoms with Crippen LogP contribution in [-0.2, 0) is 11.2 Å². The number of aromatic nitrogens is 2. The minimum Gasteiger partial charge on any atom is -0.300 e. The summed E-state index contributed by atoms with van der Waals surface area (Å²) < 4.78 is 0.862. The van der Waals surface area contributed by atoms with Gasteiger partial charge in [-0.3, -0.25) is 4.79 Å². The Morgan fingerprint density at radius 3 is 3.05 bits per heavy atom. The molecule has 0 aliphatic carbocycles. The minimum absolute atomic E-state index is 0.119. The van der Waals surface area contributed by atoms with Gasteiger partial charge >= 0.3 is 0 Å². The quantitative estimate of drug-likeness (QED) is 0.678. The van der Waals surface area contributed by atoms with E-state index in [1.165, 1.54) is 11.3 Å². The number of carbonyl (C=O) groups is 1. The maximum absolute atomic E-state index is 11.8. The molecule has 1 aromatic heterocycles. The van der Waals surface area contributed by atoms with Gasteiger partial charge in [0.2, 0.25) is 11.0 Å². The molecule has 1 aromatic carbocycles. The Morgan fingerprint density at radius 1 is 1.47 bits per heavy atom. The van der Waals surface area contributed by atoms with Crippen molar-refractivity contribution in [1.82, 2.24) is 10.2 Å². The molecule has 0 spiro atoms. The first-order chi connectivity index (χ1) is 9.17. The third-order valence-electron chi connectivity index (χ3n) is 2.17. The summed E-state index contributed by atoms with van der Waals surface area (Å²) in [5.41, 5.74) is 0.873. The maximum Gasteiger partial charge on any atom is 0.230 e. The van der Waals surface area contributed by atoms with Crippen LogP contribution in [-0.4, -0.2) is 21.9 Å². The van der Waals surface area contributed by atoms with E-state index in [1.807, 2.05) is 19.1 Å². The van der Waals surface area contributed by atoms with Gasteiger partial charge in [0.05, 0.1) is 6.42 Å². The largest absolute Gasteiger partial charge is 0.300 e. The normalized spacial score (nSPS) is 10.4. The van der Waals surface area contributed by atoms with Crippen molar-refractivity contribution in [3.63, 3.8) is 0 Å². The predicted molar refractivity (Wildman–Crippen MR) is 80.1 cm³/mol. The Labute approximate surface area is 124 Å². The average molecular weight is 314 g/mol. The second-order valence-corrected chi connectivity index (χ2v) is 6.59. The van der Waals surface area contributed by atoms with Crippen LogP contribution in [0.3, 0.4) is 0 Å². The predicted octanol–water partition coefficient (Wildman–Crippen LogP) is 3.48. The van der Waals surface area contributed by atoms with Gasteiger partial charge in [-0.1, -0.05) is 53.8 Å². The molecule has 0 saturated heterocycles. The van der Waals surface area contributed by atoms with E-state index in [4.69, 9.17) is 11.6 Å². The highest BCUT2D eigenvalue weighted by atomic mass is 35.5. The van der Waals surface area contributed by atoms with E-state index in [1.54, 1.807) is 23.9 Å². The zero-order valence-electron chi connectivity index (χ0n) is 10.2. The molecule has 1 amide bonds. The Hall–Kier alpha value is -1.11. The van der Waals surface area contributed by atoms with E-state index in [-0.39, 0.29) is 12.3 Å². The number of nitrogens with zero attached hydrogens (tertiary/aromatic N) is 2. The van der Waals surface area contributed by atoms with E-state index in [9.17, 15) is 4.79 Å². The van der Waals surface area contributed by atoms with Crippen LogP contribution in [0.2, 0.25) is 5.02 Å². The molecule has 0 atom stereocenters. The van der Waals surface area contributed by atoms with Gasteiger partial charge in [-0.15, -0.1) is 10.2 Å². The molecule has 0 unspecified atom stereocenters. The van der Waals surface area contributed by atoms with E-state index in [0.717, 1.165) is 15.7 Å². The molecular weight excluding hydrogens is 302 g/mol. The number of halogens is 1. The van der Waals surface area contributed by atoms with Gasteiger partial charge < -0.3 is 5.32 Å². The molecule has 2 aromatic rings. The molecule has 2 rings (SSSR count). The van der Waals surface area contributed by atoms with Crippen molar-refractivity contribution in [2.75, 3.05) is 11.1 Å². The topological polar surface area (TPSA) is 54.9 Å². The third kappa shape index (κ3) is 4.49. The molecule has 0 aliphatic rings. The summed E-state index contributed by atoms with van der Waals surface area (Å²) >= 11 is 8.86. The summed E-state index contributed by atoms with van der Waals surface area (Å²) in [7, 11) is 0. The lowest BCUT2D eigenvalue weighted by molar-refractivity contribution is -0.115. The SMILES string of the molecule is CCSc1nnc(NC(=O)Cc2cccc(Cl)c2)s1. The fourth-order valence-corrected chi connectivity index (χ4v) is 3.32. The van der Waals surface area contributed by atoms with Gasteiger partial charge in [-0.25, -0.2) is 0 Å². The average Bonchev–Trinajstić information content (AvgIpc) is 2.77. The first kappa shape index (κ1) is 14.3. The van der Waals surface area contributed by atoms with Crippen molar-refractivity contribution in [1.29, 1.82) is 0 Å².